The van der Waals surface area contributed by atoms with Gasteiger partial charge >= 0.3 is 17.9 Å². The standard InChI is InChI=1S/C5H12.C3H4O2.2C2H4O2S.C2H6O2/c1-5(2,3)4;1-2-3(4)5;2*3-2(4)1-5;3-1-2-4/h1-4H3;2H,1H2,(H,4,5);2*5H,1H2,(H,3,4);3-4H,1-2H2. The molecule has 0 aliphatic rings. The quantitative estimate of drug-likeness (QED) is 0.280. The van der Waals surface area contributed by atoms with Crippen LogP contribution in [0.4, 0.5) is 0 Å². The summed E-state index contributed by atoms with van der Waals surface area (Å²) in [5.74, 6) is -2.91. The number of thiol groups is 2. The van der Waals surface area contributed by atoms with Crippen LogP contribution in [0.1, 0.15) is 27.7 Å². The van der Waals surface area contributed by atoms with E-state index in [1.165, 1.54) is 0 Å². The molecule has 0 atom stereocenters. The summed E-state index contributed by atoms with van der Waals surface area (Å²) in [6, 6.07) is 0. The molecule has 0 saturated carbocycles. The molecule has 0 aromatic heterocycles. The number of hydrogen-bond donors (Lipinski definition) is 7. The minimum Gasteiger partial charge on any atom is -0.481 e. The van der Waals surface area contributed by atoms with E-state index in [9.17, 15) is 14.4 Å². The van der Waals surface area contributed by atoms with Crippen LogP contribution in [0.25, 0.3) is 0 Å². The van der Waals surface area contributed by atoms with Crippen molar-refractivity contribution in [3.05, 3.63) is 12.7 Å². The molecular weight excluding hydrogens is 360 g/mol. The summed E-state index contributed by atoms with van der Waals surface area (Å²) < 4.78 is 0. The van der Waals surface area contributed by atoms with Crippen LogP contribution in [0.2, 0.25) is 0 Å². The Bertz CT molecular complexity index is 292. The Hall–Kier alpha value is -1.23. The minimum atomic E-state index is -0.981. The van der Waals surface area contributed by atoms with Gasteiger partial charge in [-0.25, -0.2) is 4.79 Å². The van der Waals surface area contributed by atoms with E-state index in [2.05, 4.69) is 59.5 Å². The molecule has 24 heavy (non-hydrogen) atoms. The maximum absolute atomic E-state index is 9.29. The van der Waals surface area contributed by atoms with Gasteiger partial charge in [0, 0.05) is 6.08 Å². The second-order valence-corrected chi connectivity index (χ2v) is 5.73. The number of carboxylic acid groups (broad SMARTS) is 3. The second kappa shape index (κ2) is 26.7. The van der Waals surface area contributed by atoms with Crippen molar-refractivity contribution in [3.63, 3.8) is 0 Å². The highest BCUT2D eigenvalue weighted by molar-refractivity contribution is 7.81. The molecule has 0 rings (SSSR count). The normalized spacial score (nSPS) is 8.17. The second-order valence-electron chi connectivity index (χ2n) is 5.09. The lowest BCUT2D eigenvalue weighted by Crippen LogP contribution is -1.93. The molecule has 10 heteroatoms. The molecule has 146 valence electrons. The molecular formula is C14H30O8S2. The zero-order valence-corrected chi connectivity index (χ0v) is 16.3. The topological polar surface area (TPSA) is 152 Å². The van der Waals surface area contributed by atoms with Crippen LogP contribution in [0, 0.1) is 5.41 Å². The van der Waals surface area contributed by atoms with E-state index in [1.807, 2.05) is 0 Å². The van der Waals surface area contributed by atoms with Crippen molar-refractivity contribution in [2.45, 2.75) is 27.7 Å². The predicted octanol–water partition coefficient (Wildman–Crippen LogP) is 1.28. The third-order valence-corrected chi connectivity index (χ3v) is 1.09. The highest BCUT2D eigenvalue weighted by atomic mass is 32.1. The van der Waals surface area contributed by atoms with Crippen LogP contribution < -0.4 is 0 Å². The Labute approximate surface area is 154 Å². The molecule has 0 radical (unpaired) electrons. The first-order valence-corrected chi connectivity index (χ1v) is 7.72. The van der Waals surface area contributed by atoms with Gasteiger partial charge in [0.25, 0.3) is 0 Å². The molecule has 0 heterocycles. The highest BCUT2D eigenvalue weighted by Crippen LogP contribution is 2.08. The van der Waals surface area contributed by atoms with Gasteiger partial charge < -0.3 is 25.5 Å². The molecule has 8 nitrogen and oxygen atoms in total. The molecule has 0 bridgehead atoms. The first kappa shape index (κ1) is 34.2. The lowest BCUT2D eigenvalue weighted by molar-refractivity contribution is -0.134. The van der Waals surface area contributed by atoms with Crippen LogP contribution in [0.5, 0.6) is 0 Å². The van der Waals surface area contributed by atoms with Crippen molar-refractivity contribution >= 4 is 43.2 Å². The molecule has 0 aromatic carbocycles. The summed E-state index contributed by atoms with van der Waals surface area (Å²) in [7, 11) is 0. The van der Waals surface area contributed by atoms with E-state index < -0.39 is 17.9 Å². The molecule has 0 amide bonds. The van der Waals surface area contributed by atoms with Gasteiger partial charge in [0.05, 0.1) is 24.7 Å². The summed E-state index contributed by atoms with van der Waals surface area (Å²) in [5, 5.41) is 38.1. The summed E-state index contributed by atoms with van der Waals surface area (Å²) in [4.78, 5) is 27.8. The summed E-state index contributed by atoms with van der Waals surface area (Å²) in [6.45, 7) is 11.5. The highest BCUT2D eigenvalue weighted by Gasteiger charge is 1.95. The molecule has 0 fully saturated rings. The fourth-order valence-corrected chi connectivity index (χ4v) is 0. The SMILES string of the molecule is C=CC(=O)O.CC(C)(C)C.O=C(O)CS.O=C(O)CS.OCCO. The van der Waals surface area contributed by atoms with E-state index >= 15 is 0 Å². The largest absolute Gasteiger partial charge is 0.481 e. The lowest BCUT2D eigenvalue weighted by Gasteiger charge is -2.05. The first-order chi connectivity index (χ1) is 10.7. The number of carbonyl (C=O) groups is 3. The number of aliphatic carboxylic acids is 3. The van der Waals surface area contributed by atoms with Crippen LogP contribution in [0.15, 0.2) is 12.7 Å². The Balaban J connectivity index is -0.0000000628. The van der Waals surface area contributed by atoms with Crippen LogP contribution >= 0.6 is 25.3 Å². The van der Waals surface area contributed by atoms with Gasteiger partial charge in [-0.05, 0) is 5.41 Å². The van der Waals surface area contributed by atoms with Crippen LogP contribution in [-0.2, 0) is 14.4 Å². The molecule has 0 unspecified atom stereocenters. The van der Waals surface area contributed by atoms with Crippen molar-refractivity contribution in [1.29, 1.82) is 0 Å². The van der Waals surface area contributed by atoms with E-state index in [0.717, 1.165) is 6.08 Å². The predicted molar refractivity (Wildman–Crippen MR) is 100 cm³/mol. The number of hydrogen-bond acceptors (Lipinski definition) is 7. The van der Waals surface area contributed by atoms with Crippen LogP contribution in [-0.4, -0.2) is 68.2 Å². The molecule has 0 aromatic rings. The van der Waals surface area contributed by atoms with Crippen molar-refractivity contribution in [3.8, 4) is 0 Å². The average Bonchev–Trinajstić information content (AvgIpc) is 2.46. The van der Waals surface area contributed by atoms with Gasteiger partial charge in [0.15, 0.2) is 0 Å². The van der Waals surface area contributed by atoms with E-state index in [0.29, 0.717) is 5.41 Å². The Kier molecular flexibility index (Phi) is 38.0. The summed E-state index contributed by atoms with van der Waals surface area (Å²) in [5.41, 5.74) is 0.500. The number of aliphatic hydroxyl groups excluding tert-OH is 2. The molecule has 0 spiro atoms. The summed E-state index contributed by atoms with van der Waals surface area (Å²) >= 11 is 6.83. The Morgan fingerprint density at radius 2 is 1.00 bits per heavy atom. The fourth-order valence-electron chi connectivity index (χ4n) is 0. The van der Waals surface area contributed by atoms with E-state index in [-0.39, 0.29) is 24.7 Å². The van der Waals surface area contributed by atoms with Gasteiger partial charge in [-0.2, -0.15) is 25.3 Å². The molecule has 5 N–H and O–H groups in total. The maximum atomic E-state index is 9.29. The van der Waals surface area contributed by atoms with Gasteiger partial charge in [0.2, 0.25) is 0 Å². The van der Waals surface area contributed by atoms with Crippen molar-refractivity contribution in [1.82, 2.24) is 0 Å². The third-order valence-electron chi connectivity index (χ3n) is 0.545. The van der Waals surface area contributed by atoms with Gasteiger partial charge in [-0.15, -0.1) is 0 Å². The molecule has 0 aliphatic heterocycles. The maximum Gasteiger partial charge on any atom is 0.327 e. The minimum absolute atomic E-state index is 0.0833. The van der Waals surface area contributed by atoms with E-state index in [1.54, 1.807) is 0 Å². The first-order valence-electron chi connectivity index (χ1n) is 6.45. The molecule has 0 saturated heterocycles. The number of carboxylic acids is 3. The lowest BCUT2D eigenvalue weighted by atomic mass is 10.0. The zero-order valence-electron chi connectivity index (χ0n) is 14.5. The van der Waals surface area contributed by atoms with Crippen molar-refractivity contribution in [2.24, 2.45) is 5.41 Å². The van der Waals surface area contributed by atoms with Gasteiger partial charge in [-0.3, -0.25) is 9.59 Å². The Morgan fingerprint density at radius 1 is 0.875 bits per heavy atom. The fraction of sp³-hybridized carbons (Fsp3) is 0.643. The van der Waals surface area contributed by atoms with Crippen molar-refractivity contribution < 1.29 is 39.9 Å². The Morgan fingerprint density at radius 3 is 1.00 bits per heavy atom. The molecule has 0 aliphatic carbocycles. The van der Waals surface area contributed by atoms with Crippen LogP contribution in [0.3, 0.4) is 0 Å². The monoisotopic (exact) mass is 390 g/mol. The van der Waals surface area contributed by atoms with Gasteiger partial charge in [0.1, 0.15) is 0 Å². The van der Waals surface area contributed by atoms with Gasteiger partial charge in [-0.1, -0.05) is 34.3 Å². The summed E-state index contributed by atoms with van der Waals surface area (Å²) in [6.07, 6.45) is 0.833. The van der Waals surface area contributed by atoms with Crippen molar-refractivity contribution in [2.75, 3.05) is 24.7 Å². The zero-order chi connectivity index (χ0) is 20.8. The smallest absolute Gasteiger partial charge is 0.327 e. The number of rotatable bonds is 4. The third kappa shape index (κ3) is 244. The number of aliphatic hydroxyl groups is 2. The average molecular weight is 391 g/mol. The van der Waals surface area contributed by atoms with E-state index in [4.69, 9.17) is 25.5 Å².